The molecule has 2 heterocycles. The number of ketones is 1. The molecule has 1 saturated carbocycles. The zero-order valence-corrected chi connectivity index (χ0v) is 13.1. The Hall–Kier alpha value is -1.20. The van der Waals surface area contributed by atoms with E-state index in [0.29, 0.717) is 24.8 Å². The summed E-state index contributed by atoms with van der Waals surface area (Å²) in [5.74, 6) is -0.790. The van der Waals surface area contributed by atoms with Gasteiger partial charge in [-0.3, -0.25) is 9.69 Å². The first-order chi connectivity index (χ1) is 9.58. The number of carboxylic acid groups (broad SMARTS) is 1. The standard InChI is InChI=1S/C16H23NO4/c1-9(13(19)20)10-7-11-14(2)6-5-12(18)15(14,3)8-16(10,21)17(11)4/h11,21H,5-8H2,1-4H3,(H,19,20)/b10-9-/t11-,14+,15+,16+/m0/s1. The molecular weight excluding hydrogens is 270 g/mol. The second-order valence-corrected chi connectivity index (χ2v) is 7.41. The second-order valence-electron chi connectivity index (χ2n) is 7.41. The summed E-state index contributed by atoms with van der Waals surface area (Å²) in [5.41, 5.74) is -1.29. The fourth-order valence-corrected chi connectivity index (χ4v) is 5.00. The number of hydrogen-bond acceptors (Lipinski definition) is 4. The van der Waals surface area contributed by atoms with Gasteiger partial charge in [-0.15, -0.1) is 0 Å². The molecule has 3 fully saturated rings. The molecule has 0 aromatic carbocycles. The van der Waals surface area contributed by atoms with Gasteiger partial charge in [0.1, 0.15) is 11.5 Å². The molecule has 0 amide bonds. The van der Waals surface area contributed by atoms with Crippen LogP contribution in [-0.2, 0) is 9.59 Å². The van der Waals surface area contributed by atoms with Crippen LogP contribution in [0.1, 0.15) is 46.5 Å². The first kappa shape index (κ1) is 14.7. The Morgan fingerprint density at radius 3 is 2.57 bits per heavy atom. The number of carboxylic acids is 1. The third-order valence-corrected chi connectivity index (χ3v) is 6.79. The molecule has 116 valence electrons. The number of carbonyl (C=O) groups excluding carboxylic acids is 1. The Morgan fingerprint density at radius 2 is 2.00 bits per heavy atom. The van der Waals surface area contributed by atoms with Crippen molar-refractivity contribution in [1.29, 1.82) is 0 Å². The van der Waals surface area contributed by atoms with Gasteiger partial charge in [-0.2, -0.15) is 0 Å². The van der Waals surface area contributed by atoms with Crippen LogP contribution in [0.3, 0.4) is 0 Å². The Bertz CT molecular complexity index is 583. The van der Waals surface area contributed by atoms with Gasteiger partial charge in [0.2, 0.25) is 0 Å². The van der Waals surface area contributed by atoms with Gasteiger partial charge in [0.15, 0.2) is 0 Å². The van der Waals surface area contributed by atoms with E-state index in [1.807, 2.05) is 18.9 Å². The van der Waals surface area contributed by atoms with E-state index in [-0.39, 0.29) is 22.8 Å². The van der Waals surface area contributed by atoms with Crippen LogP contribution < -0.4 is 0 Å². The Morgan fingerprint density at radius 1 is 1.38 bits per heavy atom. The van der Waals surface area contributed by atoms with Gasteiger partial charge >= 0.3 is 5.97 Å². The van der Waals surface area contributed by atoms with E-state index >= 15 is 0 Å². The number of carbonyl (C=O) groups is 2. The third kappa shape index (κ3) is 1.48. The molecule has 3 rings (SSSR count). The van der Waals surface area contributed by atoms with Crippen LogP contribution >= 0.6 is 0 Å². The molecule has 0 aromatic heterocycles. The third-order valence-electron chi connectivity index (χ3n) is 6.79. The quantitative estimate of drug-likeness (QED) is 0.717. The number of aliphatic carboxylic acids is 1. The average molecular weight is 293 g/mol. The Kier molecular flexibility index (Phi) is 2.77. The minimum atomic E-state index is -1.30. The maximum absolute atomic E-state index is 12.5. The molecule has 21 heavy (non-hydrogen) atoms. The summed E-state index contributed by atoms with van der Waals surface area (Å²) >= 11 is 0. The maximum atomic E-state index is 12.5. The van der Waals surface area contributed by atoms with Crippen LogP contribution in [0.25, 0.3) is 0 Å². The Balaban J connectivity index is 2.19. The molecule has 0 radical (unpaired) electrons. The van der Waals surface area contributed by atoms with Crippen molar-refractivity contribution in [2.75, 3.05) is 7.05 Å². The van der Waals surface area contributed by atoms with Crippen molar-refractivity contribution in [2.45, 2.75) is 58.2 Å². The highest BCUT2D eigenvalue weighted by molar-refractivity contribution is 5.90. The van der Waals surface area contributed by atoms with Crippen LogP contribution in [0.4, 0.5) is 0 Å². The molecule has 2 saturated heterocycles. The minimum absolute atomic E-state index is 0.0111. The summed E-state index contributed by atoms with van der Waals surface area (Å²) in [5, 5.41) is 20.5. The average Bonchev–Trinajstić information content (AvgIpc) is 2.75. The van der Waals surface area contributed by atoms with E-state index < -0.39 is 17.1 Å². The van der Waals surface area contributed by atoms with Crippen LogP contribution in [0.2, 0.25) is 0 Å². The fourth-order valence-electron chi connectivity index (χ4n) is 5.00. The van der Waals surface area contributed by atoms with Crippen molar-refractivity contribution in [3.8, 4) is 0 Å². The maximum Gasteiger partial charge on any atom is 0.331 e. The molecule has 2 aliphatic heterocycles. The highest BCUT2D eigenvalue weighted by atomic mass is 16.4. The number of likely N-dealkylation sites (N-methyl/N-ethyl adjacent to an activating group) is 1. The second kappa shape index (κ2) is 3.96. The van der Waals surface area contributed by atoms with Gasteiger partial charge < -0.3 is 10.2 Å². The summed E-state index contributed by atoms with van der Waals surface area (Å²) in [7, 11) is 1.85. The van der Waals surface area contributed by atoms with E-state index in [1.54, 1.807) is 6.92 Å². The van der Waals surface area contributed by atoms with E-state index in [1.165, 1.54) is 0 Å². The van der Waals surface area contributed by atoms with Crippen LogP contribution in [-0.4, -0.2) is 45.7 Å². The van der Waals surface area contributed by atoms with Crippen molar-refractivity contribution < 1.29 is 19.8 Å². The lowest BCUT2D eigenvalue weighted by Gasteiger charge is -2.55. The van der Waals surface area contributed by atoms with Crippen LogP contribution in [0.15, 0.2) is 11.1 Å². The molecule has 2 bridgehead atoms. The topological polar surface area (TPSA) is 77.8 Å². The van der Waals surface area contributed by atoms with Gasteiger partial charge in [0.05, 0.1) is 0 Å². The molecule has 2 N–H and O–H groups in total. The number of hydrogen-bond donors (Lipinski definition) is 2. The molecule has 3 aliphatic rings. The molecule has 1 aliphatic carbocycles. The lowest BCUT2D eigenvalue weighted by molar-refractivity contribution is -0.177. The van der Waals surface area contributed by atoms with E-state index in [2.05, 4.69) is 6.92 Å². The summed E-state index contributed by atoms with van der Waals surface area (Å²) in [6.45, 7) is 5.62. The fraction of sp³-hybridized carbons (Fsp3) is 0.750. The number of rotatable bonds is 1. The van der Waals surface area contributed by atoms with E-state index in [4.69, 9.17) is 0 Å². The SMILES string of the molecule is C/C(C(=O)O)=C1\C[C@@H]2N(C)[C@@]1(O)C[C@]1(C)C(=O)CC[C@]21C. The first-order valence-electron chi connectivity index (χ1n) is 7.50. The van der Waals surface area contributed by atoms with Gasteiger partial charge in [-0.25, -0.2) is 4.79 Å². The van der Waals surface area contributed by atoms with Crippen molar-refractivity contribution in [1.82, 2.24) is 4.90 Å². The molecule has 0 aromatic rings. The van der Waals surface area contributed by atoms with Gasteiger partial charge in [-0.05, 0) is 37.8 Å². The highest BCUT2D eigenvalue weighted by Gasteiger charge is 2.70. The van der Waals surface area contributed by atoms with E-state index in [9.17, 15) is 19.8 Å². The zero-order chi connectivity index (χ0) is 15.8. The predicted molar refractivity (Wildman–Crippen MR) is 76.5 cm³/mol. The van der Waals surface area contributed by atoms with Crippen molar-refractivity contribution in [2.24, 2.45) is 10.8 Å². The molecule has 5 heteroatoms. The summed E-state index contributed by atoms with van der Waals surface area (Å²) in [6, 6.07) is 0.0111. The lowest BCUT2D eigenvalue weighted by atomic mass is 9.59. The highest BCUT2D eigenvalue weighted by Crippen LogP contribution is 2.66. The summed E-state index contributed by atoms with van der Waals surface area (Å²) < 4.78 is 0. The van der Waals surface area contributed by atoms with Crippen molar-refractivity contribution >= 4 is 11.8 Å². The molecule has 0 unspecified atom stereocenters. The monoisotopic (exact) mass is 293 g/mol. The number of piperidine rings is 1. The van der Waals surface area contributed by atoms with Gasteiger partial charge in [0.25, 0.3) is 0 Å². The molecular formula is C16H23NO4. The smallest absolute Gasteiger partial charge is 0.331 e. The van der Waals surface area contributed by atoms with Gasteiger partial charge in [0, 0.05) is 29.9 Å². The first-order valence-corrected chi connectivity index (χ1v) is 7.50. The largest absolute Gasteiger partial charge is 0.478 e. The van der Waals surface area contributed by atoms with Crippen LogP contribution in [0.5, 0.6) is 0 Å². The van der Waals surface area contributed by atoms with Crippen molar-refractivity contribution in [3.05, 3.63) is 11.1 Å². The predicted octanol–water partition coefficient (Wildman–Crippen LogP) is 1.56. The van der Waals surface area contributed by atoms with Gasteiger partial charge in [-0.1, -0.05) is 13.8 Å². The number of fused-ring (bicyclic) bond motifs is 4. The Labute approximate surface area is 124 Å². The van der Waals surface area contributed by atoms with Crippen molar-refractivity contribution in [3.63, 3.8) is 0 Å². The van der Waals surface area contributed by atoms with E-state index in [0.717, 1.165) is 6.42 Å². The zero-order valence-electron chi connectivity index (χ0n) is 13.1. The summed E-state index contributed by atoms with van der Waals surface area (Å²) in [4.78, 5) is 25.7. The lowest BCUT2D eigenvalue weighted by Crippen LogP contribution is -2.63. The summed E-state index contributed by atoms with van der Waals surface area (Å²) in [6.07, 6.45) is 2.20. The molecule has 4 atom stereocenters. The normalized spacial score (nSPS) is 48.4. The number of Topliss-reactive ketones (excluding diaryl/α,β-unsaturated/α-hetero) is 1. The molecule has 0 spiro atoms. The number of aliphatic hydroxyl groups is 1. The number of nitrogens with zero attached hydrogens (tertiary/aromatic N) is 1. The van der Waals surface area contributed by atoms with Crippen LogP contribution in [0, 0.1) is 10.8 Å². The molecule has 5 nitrogen and oxygen atoms in total. The minimum Gasteiger partial charge on any atom is -0.478 e.